The van der Waals surface area contributed by atoms with Gasteiger partial charge in [-0.1, -0.05) is 43.5 Å². The Bertz CT molecular complexity index is 968. The van der Waals surface area contributed by atoms with E-state index in [1.54, 1.807) is 4.68 Å². The molecule has 0 bridgehead atoms. The Morgan fingerprint density at radius 3 is 2.53 bits per heavy atom. The molecule has 0 aliphatic heterocycles. The van der Waals surface area contributed by atoms with Crippen LogP contribution in [0.4, 0.5) is 5.95 Å². The molecule has 9 heteroatoms. The number of imidazole rings is 1. The van der Waals surface area contributed by atoms with Gasteiger partial charge in [0.1, 0.15) is 0 Å². The molecule has 0 atom stereocenters. The maximum atomic E-state index is 12.4. The first-order chi connectivity index (χ1) is 16.2. The Morgan fingerprint density at radius 2 is 1.79 bits per heavy atom. The summed E-state index contributed by atoms with van der Waals surface area (Å²) in [7, 11) is 1.86. The van der Waals surface area contributed by atoms with Crippen LogP contribution in [-0.4, -0.2) is 44.5 Å². The van der Waals surface area contributed by atoms with Crippen molar-refractivity contribution >= 4 is 24.3 Å². The fourth-order valence-electron chi connectivity index (χ4n) is 3.76. The number of nitrogens with zero attached hydrogens (tertiary/aromatic N) is 4. The normalized spacial score (nSPS) is 10.6. The minimum absolute atomic E-state index is 0. The number of aromatic amines is 1. The van der Waals surface area contributed by atoms with Gasteiger partial charge in [-0.25, -0.2) is 4.98 Å². The monoisotopic (exact) mass is 487 g/mol. The summed E-state index contributed by atoms with van der Waals surface area (Å²) in [4.78, 5) is 19.9. The van der Waals surface area contributed by atoms with Gasteiger partial charge in [-0.15, -0.1) is 17.5 Å². The molecule has 3 rings (SSSR count). The molecule has 2 aromatic heterocycles. The van der Waals surface area contributed by atoms with Crippen molar-refractivity contribution in [2.45, 2.75) is 71.3 Å². The summed E-state index contributed by atoms with van der Waals surface area (Å²) in [5, 5.41) is 14.4. The molecule has 186 valence electrons. The molecule has 0 saturated carbocycles. The van der Waals surface area contributed by atoms with Gasteiger partial charge in [0, 0.05) is 31.0 Å². The molecule has 0 fully saturated rings. The van der Waals surface area contributed by atoms with E-state index >= 15 is 0 Å². The molecule has 0 saturated heterocycles. The number of carbonyl (C=O) groups is 1. The van der Waals surface area contributed by atoms with Crippen LogP contribution >= 0.6 is 12.4 Å². The summed E-state index contributed by atoms with van der Waals surface area (Å²) in [5.74, 6) is 0.767. The SMILES string of the molecule is CCCCCc1ccc(C(=O)NCCn2cc(CCCCCc3cnc(NC)[nH]3)nn2)cc1.Cl. The first-order valence-electron chi connectivity index (χ1n) is 12.2. The maximum absolute atomic E-state index is 12.4. The molecule has 0 spiro atoms. The van der Waals surface area contributed by atoms with E-state index in [0.29, 0.717) is 18.7 Å². The van der Waals surface area contributed by atoms with E-state index in [9.17, 15) is 4.79 Å². The molecule has 8 nitrogen and oxygen atoms in total. The Labute approximate surface area is 208 Å². The second-order valence-electron chi connectivity index (χ2n) is 8.45. The number of unbranched alkanes of at least 4 members (excludes halogenated alkanes) is 4. The fourth-order valence-corrected chi connectivity index (χ4v) is 3.76. The van der Waals surface area contributed by atoms with E-state index in [-0.39, 0.29) is 18.3 Å². The topological polar surface area (TPSA) is 101 Å². The molecule has 0 unspecified atom stereocenters. The zero-order chi connectivity index (χ0) is 23.3. The zero-order valence-electron chi connectivity index (χ0n) is 20.3. The third-order valence-corrected chi connectivity index (χ3v) is 5.74. The average Bonchev–Trinajstić information content (AvgIpc) is 3.49. The van der Waals surface area contributed by atoms with Gasteiger partial charge in [-0.2, -0.15) is 0 Å². The lowest BCUT2D eigenvalue weighted by atomic mass is 10.1. The second-order valence-corrected chi connectivity index (χ2v) is 8.45. The minimum atomic E-state index is -0.0467. The van der Waals surface area contributed by atoms with Crippen LogP contribution in [0.15, 0.2) is 36.7 Å². The van der Waals surface area contributed by atoms with Crippen molar-refractivity contribution in [3.05, 3.63) is 59.2 Å². The number of carbonyl (C=O) groups excluding carboxylic acids is 1. The van der Waals surface area contributed by atoms with E-state index in [2.05, 4.69) is 50.0 Å². The molecule has 0 aliphatic carbocycles. The largest absolute Gasteiger partial charge is 0.359 e. The highest BCUT2D eigenvalue weighted by Gasteiger charge is 2.06. The lowest BCUT2D eigenvalue weighted by Crippen LogP contribution is -2.27. The highest BCUT2D eigenvalue weighted by molar-refractivity contribution is 5.94. The zero-order valence-corrected chi connectivity index (χ0v) is 21.2. The number of nitrogens with one attached hydrogen (secondary N) is 3. The van der Waals surface area contributed by atoms with Crippen LogP contribution in [0, 0.1) is 0 Å². The third-order valence-electron chi connectivity index (χ3n) is 5.74. The van der Waals surface area contributed by atoms with Gasteiger partial charge in [-0.05, 0) is 56.2 Å². The van der Waals surface area contributed by atoms with Crippen molar-refractivity contribution in [2.75, 3.05) is 18.9 Å². The lowest BCUT2D eigenvalue weighted by molar-refractivity contribution is 0.0952. The van der Waals surface area contributed by atoms with Crippen LogP contribution in [0.5, 0.6) is 0 Å². The van der Waals surface area contributed by atoms with Crippen molar-refractivity contribution in [1.29, 1.82) is 0 Å². The lowest BCUT2D eigenvalue weighted by Gasteiger charge is -2.06. The molecule has 0 aliphatic rings. The van der Waals surface area contributed by atoms with Gasteiger partial charge < -0.3 is 15.6 Å². The van der Waals surface area contributed by atoms with Crippen molar-refractivity contribution < 1.29 is 4.79 Å². The summed E-state index contributed by atoms with van der Waals surface area (Å²) < 4.78 is 1.80. The van der Waals surface area contributed by atoms with Gasteiger partial charge in [0.25, 0.3) is 5.91 Å². The number of aryl methyl sites for hydroxylation is 3. The summed E-state index contributed by atoms with van der Waals surface area (Å²) in [5.41, 5.74) is 4.15. The van der Waals surface area contributed by atoms with Gasteiger partial charge >= 0.3 is 0 Å². The van der Waals surface area contributed by atoms with E-state index in [4.69, 9.17) is 0 Å². The van der Waals surface area contributed by atoms with Gasteiger partial charge in [-0.3, -0.25) is 9.48 Å². The summed E-state index contributed by atoms with van der Waals surface area (Å²) >= 11 is 0. The fraction of sp³-hybridized carbons (Fsp3) is 0.520. The van der Waals surface area contributed by atoms with E-state index < -0.39 is 0 Å². The molecule has 1 aromatic carbocycles. The predicted molar refractivity (Wildman–Crippen MR) is 139 cm³/mol. The number of amides is 1. The molecule has 1 amide bonds. The van der Waals surface area contributed by atoms with Crippen molar-refractivity contribution in [3.8, 4) is 0 Å². The van der Waals surface area contributed by atoms with Crippen LogP contribution in [0.1, 0.15) is 72.8 Å². The Morgan fingerprint density at radius 1 is 1.03 bits per heavy atom. The van der Waals surface area contributed by atoms with Crippen LogP contribution < -0.4 is 10.6 Å². The average molecular weight is 488 g/mol. The maximum Gasteiger partial charge on any atom is 0.251 e. The first kappa shape index (κ1) is 27.4. The van der Waals surface area contributed by atoms with Crippen LogP contribution in [-0.2, 0) is 25.8 Å². The number of H-pyrrole nitrogens is 1. The Balaban J connectivity index is 0.00000408. The van der Waals surface area contributed by atoms with Gasteiger partial charge in [0.05, 0.1) is 18.4 Å². The molecular weight excluding hydrogens is 450 g/mol. The molecule has 3 N–H and O–H groups in total. The molecule has 3 aromatic rings. The van der Waals surface area contributed by atoms with Crippen molar-refractivity contribution in [3.63, 3.8) is 0 Å². The van der Waals surface area contributed by atoms with Crippen LogP contribution in [0.2, 0.25) is 0 Å². The van der Waals surface area contributed by atoms with E-state index in [0.717, 1.165) is 55.9 Å². The number of anilines is 1. The molecule has 0 radical (unpaired) electrons. The number of hydrogen-bond acceptors (Lipinski definition) is 5. The van der Waals surface area contributed by atoms with Crippen molar-refractivity contribution in [1.82, 2.24) is 30.3 Å². The number of halogens is 1. The number of hydrogen-bond donors (Lipinski definition) is 3. The summed E-state index contributed by atoms with van der Waals surface area (Å²) in [6.07, 6.45) is 13.9. The minimum Gasteiger partial charge on any atom is -0.359 e. The quantitative estimate of drug-likeness (QED) is 0.272. The number of benzene rings is 1. The number of rotatable bonds is 15. The van der Waals surface area contributed by atoms with Crippen LogP contribution in [0.3, 0.4) is 0 Å². The number of aromatic nitrogens is 5. The van der Waals surface area contributed by atoms with Gasteiger partial charge in [0.15, 0.2) is 5.95 Å². The standard InChI is InChI=1S/C25H37N7O.ClH/c1-3-4-6-9-20-12-14-21(15-13-20)24(33)27-16-17-32-19-23(30-31-32)11-8-5-7-10-22-18-28-25(26-2)29-22;/h12-15,18-19H,3-11,16-17H2,1-2H3,(H,27,33)(H2,26,28,29);1H. The summed E-state index contributed by atoms with van der Waals surface area (Å²) in [6.45, 7) is 3.35. The highest BCUT2D eigenvalue weighted by Crippen LogP contribution is 2.10. The molecule has 34 heavy (non-hydrogen) atoms. The predicted octanol–water partition coefficient (Wildman–Crippen LogP) is 4.58. The molecule has 2 heterocycles. The first-order valence-corrected chi connectivity index (χ1v) is 12.2. The van der Waals surface area contributed by atoms with E-state index in [1.807, 2.05) is 31.6 Å². The highest BCUT2D eigenvalue weighted by atomic mass is 35.5. The summed E-state index contributed by atoms with van der Waals surface area (Å²) in [6, 6.07) is 7.94. The second kappa shape index (κ2) is 15.1. The Hall–Kier alpha value is -2.87. The Kier molecular flexibility index (Phi) is 12.2. The van der Waals surface area contributed by atoms with Crippen molar-refractivity contribution in [2.24, 2.45) is 0 Å². The van der Waals surface area contributed by atoms with Crippen LogP contribution in [0.25, 0.3) is 0 Å². The third kappa shape index (κ3) is 9.17. The van der Waals surface area contributed by atoms with E-state index in [1.165, 1.54) is 24.8 Å². The van der Waals surface area contributed by atoms with Gasteiger partial charge in [0.2, 0.25) is 0 Å². The smallest absolute Gasteiger partial charge is 0.251 e. The molecular formula is C25H38ClN7O.